The van der Waals surface area contributed by atoms with E-state index in [0.29, 0.717) is 31.6 Å². The third-order valence-corrected chi connectivity index (χ3v) is 7.52. The van der Waals surface area contributed by atoms with E-state index in [9.17, 15) is 13.2 Å². The minimum Gasteiger partial charge on any atom is -0.361 e. The van der Waals surface area contributed by atoms with E-state index < -0.39 is 15.6 Å². The molecule has 1 aliphatic rings. The summed E-state index contributed by atoms with van der Waals surface area (Å²) in [7, 11) is -3.63. The molecule has 1 amide bonds. The number of nitrogens with two attached hydrogens (primary N) is 1. The highest BCUT2D eigenvalue weighted by molar-refractivity contribution is 7.89. The van der Waals surface area contributed by atoms with E-state index in [1.54, 1.807) is 30.3 Å². The van der Waals surface area contributed by atoms with Crippen LogP contribution >= 0.6 is 0 Å². The Kier molecular flexibility index (Phi) is 6.35. The number of rotatable bonds is 6. The summed E-state index contributed by atoms with van der Waals surface area (Å²) in [5, 5.41) is 6.73. The van der Waals surface area contributed by atoms with Gasteiger partial charge in [-0.2, -0.15) is 4.31 Å². The zero-order valence-corrected chi connectivity index (χ0v) is 18.7. The fourth-order valence-electron chi connectivity index (χ4n) is 3.68. The Balaban J connectivity index is 1.66. The first-order chi connectivity index (χ1) is 14.0. The summed E-state index contributed by atoms with van der Waals surface area (Å²) in [5.74, 6) is 0.352. The van der Waals surface area contributed by atoms with Gasteiger partial charge in [0.25, 0.3) is 5.91 Å². The van der Waals surface area contributed by atoms with Crippen molar-refractivity contribution in [3.05, 3.63) is 47.3 Å². The van der Waals surface area contributed by atoms with Crippen LogP contribution in [0.1, 0.15) is 62.3 Å². The maximum Gasteiger partial charge on any atom is 0.273 e. The first-order valence-electron chi connectivity index (χ1n) is 10.2. The summed E-state index contributed by atoms with van der Waals surface area (Å²) in [4.78, 5) is 12.6. The van der Waals surface area contributed by atoms with Crippen LogP contribution in [0.15, 0.2) is 39.8 Å². The van der Waals surface area contributed by atoms with Gasteiger partial charge in [-0.3, -0.25) is 4.79 Å². The van der Waals surface area contributed by atoms with Crippen LogP contribution in [0.4, 0.5) is 0 Å². The third kappa shape index (κ3) is 4.74. The monoisotopic (exact) mass is 434 g/mol. The molecule has 0 spiro atoms. The second kappa shape index (κ2) is 8.49. The van der Waals surface area contributed by atoms with Crippen molar-refractivity contribution in [1.29, 1.82) is 0 Å². The van der Waals surface area contributed by atoms with E-state index in [-0.39, 0.29) is 28.6 Å². The van der Waals surface area contributed by atoms with E-state index in [1.807, 2.05) is 27.7 Å². The molecule has 30 heavy (non-hydrogen) atoms. The molecular weight excluding hydrogens is 404 g/mol. The van der Waals surface area contributed by atoms with Crippen molar-refractivity contribution in [1.82, 2.24) is 14.8 Å². The fraction of sp³-hybridized carbons (Fsp3) is 0.524. The summed E-state index contributed by atoms with van der Waals surface area (Å²) in [5.41, 5.74) is 6.67. The number of sulfonamides is 1. The van der Waals surface area contributed by atoms with E-state index in [1.165, 1.54) is 4.31 Å². The van der Waals surface area contributed by atoms with Gasteiger partial charge in [0.15, 0.2) is 5.69 Å². The van der Waals surface area contributed by atoms with Crippen molar-refractivity contribution < 1.29 is 17.7 Å². The maximum atomic E-state index is 13.1. The minimum absolute atomic E-state index is 0.124. The number of nitrogens with one attached hydrogen (secondary N) is 1. The Hall–Kier alpha value is -2.23. The van der Waals surface area contributed by atoms with Crippen LogP contribution in [0, 0.1) is 0 Å². The Morgan fingerprint density at radius 1 is 1.33 bits per heavy atom. The first kappa shape index (κ1) is 22.5. The molecular formula is C21H30N4O4S. The lowest BCUT2D eigenvalue weighted by Gasteiger charge is -2.37. The summed E-state index contributed by atoms with van der Waals surface area (Å²) in [6.07, 6.45) is 1.72. The number of hydrogen-bond donors (Lipinski definition) is 2. The number of carbonyl (C=O) groups excluding carboxylic acids is 1. The quantitative estimate of drug-likeness (QED) is 0.721. The van der Waals surface area contributed by atoms with Crippen LogP contribution in [0.25, 0.3) is 0 Å². The summed E-state index contributed by atoms with van der Waals surface area (Å²) in [6, 6.07) is 7.99. The average molecular weight is 435 g/mol. The lowest BCUT2D eigenvalue weighted by molar-refractivity contribution is 0.0905. The molecule has 1 aliphatic heterocycles. The Labute approximate surface area is 177 Å². The molecule has 9 heteroatoms. The third-order valence-electron chi connectivity index (χ3n) is 5.50. The number of amides is 1. The highest BCUT2D eigenvalue weighted by Gasteiger charge is 2.35. The van der Waals surface area contributed by atoms with Gasteiger partial charge in [-0.25, -0.2) is 8.42 Å². The van der Waals surface area contributed by atoms with E-state index in [0.717, 1.165) is 5.56 Å². The molecule has 0 aliphatic carbocycles. The second-order valence-electron chi connectivity index (χ2n) is 8.44. The number of hydrogen-bond acceptors (Lipinski definition) is 6. The molecule has 164 valence electrons. The van der Waals surface area contributed by atoms with Crippen LogP contribution in [0.5, 0.6) is 0 Å². The Morgan fingerprint density at radius 3 is 2.53 bits per heavy atom. The summed E-state index contributed by atoms with van der Waals surface area (Å²) < 4.78 is 32.8. The topological polar surface area (TPSA) is 119 Å². The number of benzene rings is 1. The molecule has 1 fully saturated rings. The molecule has 2 heterocycles. The number of carbonyl (C=O) groups is 1. The standard InChI is InChI=1S/C21H30N4O4S/c1-5-17-13-19(24-29-17)20(26)23-16-10-11-25(14(2)12-16)30(27,28)18-8-6-15(7-9-18)21(3,4)22/h6-9,13-14,16H,5,10-12,22H2,1-4H3,(H,23,26)/t14-,16+/m0/s1. The molecule has 2 atom stereocenters. The van der Waals surface area contributed by atoms with Gasteiger partial charge < -0.3 is 15.6 Å². The minimum atomic E-state index is -3.63. The number of aromatic nitrogens is 1. The van der Waals surface area contributed by atoms with Crippen LogP contribution < -0.4 is 11.1 Å². The molecule has 2 aromatic rings. The molecule has 1 saturated heterocycles. The zero-order valence-electron chi connectivity index (χ0n) is 17.9. The predicted octanol–water partition coefficient (Wildman–Crippen LogP) is 2.40. The molecule has 1 aromatic heterocycles. The smallest absolute Gasteiger partial charge is 0.273 e. The van der Waals surface area contributed by atoms with Gasteiger partial charge in [0.05, 0.1) is 4.90 Å². The van der Waals surface area contributed by atoms with Crippen molar-refractivity contribution >= 4 is 15.9 Å². The fourth-order valence-corrected chi connectivity index (χ4v) is 5.33. The van der Waals surface area contributed by atoms with Crippen LogP contribution in [0.2, 0.25) is 0 Å². The molecule has 0 saturated carbocycles. The number of piperidine rings is 1. The Bertz CT molecular complexity index is 993. The van der Waals surface area contributed by atoms with Gasteiger partial charge in [-0.15, -0.1) is 0 Å². The van der Waals surface area contributed by atoms with E-state index in [2.05, 4.69) is 10.5 Å². The van der Waals surface area contributed by atoms with Crippen LogP contribution in [-0.2, 0) is 22.0 Å². The van der Waals surface area contributed by atoms with Gasteiger partial charge in [0.2, 0.25) is 10.0 Å². The molecule has 8 nitrogen and oxygen atoms in total. The summed E-state index contributed by atoms with van der Waals surface area (Å²) in [6.45, 7) is 7.86. The largest absolute Gasteiger partial charge is 0.361 e. The Morgan fingerprint density at radius 2 is 2.00 bits per heavy atom. The molecule has 3 rings (SSSR count). The van der Waals surface area contributed by atoms with Gasteiger partial charge in [-0.05, 0) is 51.3 Å². The SMILES string of the molecule is CCc1cc(C(=O)N[C@@H]2CCN(S(=O)(=O)c3ccc(C(C)(C)N)cc3)[C@@H](C)C2)no1. The molecule has 3 N–H and O–H groups in total. The molecule has 0 radical (unpaired) electrons. The van der Waals surface area contributed by atoms with Crippen molar-refractivity contribution in [2.75, 3.05) is 6.54 Å². The van der Waals surface area contributed by atoms with Crippen LogP contribution in [-0.4, -0.2) is 42.4 Å². The average Bonchev–Trinajstić information content (AvgIpc) is 3.17. The number of nitrogens with zero attached hydrogens (tertiary/aromatic N) is 2. The van der Waals surface area contributed by atoms with Crippen molar-refractivity contribution in [3.63, 3.8) is 0 Å². The van der Waals surface area contributed by atoms with E-state index >= 15 is 0 Å². The second-order valence-corrected chi connectivity index (χ2v) is 10.3. The lowest BCUT2D eigenvalue weighted by Crippen LogP contribution is -2.50. The normalized spacial score (nSPS) is 20.8. The van der Waals surface area contributed by atoms with Gasteiger partial charge >= 0.3 is 0 Å². The molecule has 1 aromatic carbocycles. The maximum absolute atomic E-state index is 13.1. The lowest BCUT2D eigenvalue weighted by atomic mass is 9.96. The van der Waals surface area contributed by atoms with Crippen molar-refractivity contribution in [2.24, 2.45) is 5.73 Å². The van der Waals surface area contributed by atoms with E-state index in [4.69, 9.17) is 10.3 Å². The van der Waals surface area contributed by atoms with Gasteiger partial charge in [0.1, 0.15) is 5.76 Å². The molecule has 0 bridgehead atoms. The first-order valence-corrected chi connectivity index (χ1v) is 11.6. The van der Waals surface area contributed by atoms with Crippen molar-refractivity contribution in [2.45, 2.75) is 69.5 Å². The van der Waals surface area contributed by atoms with Gasteiger partial charge in [0, 0.05) is 36.7 Å². The zero-order chi connectivity index (χ0) is 22.1. The highest BCUT2D eigenvalue weighted by atomic mass is 32.2. The highest BCUT2D eigenvalue weighted by Crippen LogP contribution is 2.27. The summed E-state index contributed by atoms with van der Waals surface area (Å²) >= 11 is 0. The number of aryl methyl sites for hydroxylation is 1. The predicted molar refractivity (Wildman–Crippen MR) is 113 cm³/mol. The van der Waals surface area contributed by atoms with Crippen LogP contribution in [0.3, 0.4) is 0 Å². The molecule has 0 unspecified atom stereocenters. The van der Waals surface area contributed by atoms with Gasteiger partial charge in [-0.1, -0.05) is 24.2 Å². The van der Waals surface area contributed by atoms with Crippen molar-refractivity contribution in [3.8, 4) is 0 Å².